The number of nitrogens with zero attached hydrogens (tertiary/aromatic N) is 3. The van der Waals surface area contributed by atoms with Gasteiger partial charge in [-0.05, 0) is 31.2 Å². The quantitative estimate of drug-likeness (QED) is 0.768. The van der Waals surface area contributed by atoms with E-state index in [0.717, 1.165) is 13.1 Å². The molecule has 5 nitrogen and oxygen atoms in total. The molecule has 0 aromatic heterocycles. The first kappa shape index (κ1) is 21.1. The lowest BCUT2D eigenvalue weighted by Gasteiger charge is -2.36. The highest BCUT2D eigenvalue weighted by Gasteiger charge is 2.25. The normalized spacial score (nSPS) is 15.3. The van der Waals surface area contributed by atoms with Crippen LogP contribution in [0.15, 0.2) is 48.5 Å². The summed E-state index contributed by atoms with van der Waals surface area (Å²) in [6, 6.07) is 15.4. The molecule has 1 aliphatic rings. The van der Waals surface area contributed by atoms with Crippen molar-refractivity contribution in [3.63, 3.8) is 0 Å². The zero-order valence-corrected chi connectivity index (χ0v) is 17.7. The third-order valence-corrected chi connectivity index (χ3v) is 5.63. The number of hydrogen-bond acceptors (Lipinski definition) is 3. The molecule has 2 aromatic carbocycles. The van der Waals surface area contributed by atoms with Crippen molar-refractivity contribution in [1.29, 1.82) is 0 Å². The van der Waals surface area contributed by atoms with Gasteiger partial charge in [0.1, 0.15) is 12.4 Å². The lowest BCUT2D eigenvalue weighted by molar-refractivity contribution is -0.904. The summed E-state index contributed by atoms with van der Waals surface area (Å²) in [6.07, 6.45) is 0. The van der Waals surface area contributed by atoms with E-state index in [1.165, 1.54) is 22.2 Å². The average molecular weight is 400 g/mol. The zero-order valence-electron chi connectivity index (χ0n) is 17.7. The van der Waals surface area contributed by atoms with Gasteiger partial charge < -0.3 is 19.6 Å². The van der Waals surface area contributed by atoms with Crippen LogP contribution in [0.2, 0.25) is 0 Å². The van der Waals surface area contributed by atoms with Gasteiger partial charge >= 0.3 is 0 Å². The maximum Gasteiger partial charge on any atom is 0.277 e. The first-order valence-electron chi connectivity index (χ1n) is 10.3. The molecule has 1 unspecified atom stereocenters. The van der Waals surface area contributed by atoms with Crippen molar-refractivity contribution in [2.45, 2.75) is 13.5 Å². The lowest BCUT2D eigenvalue weighted by atomic mass is 10.2. The molecule has 1 fully saturated rings. The number of benzene rings is 2. The summed E-state index contributed by atoms with van der Waals surface area (Å²) in [5.74, 6) is -0.0193. The van der Waals surface area contributed by atoms with Crippen LogP contribution in [0.5, 0.6) is 0 Å². The predicted molar refractivity (Wildman–Crippen MR) is 116 cm³/mol. The van der Waals surface area contributed by atoms with Crippen LogP contribution >= 0.6 is 0 Å². The fourth-order valence-corrected chi connectivity index (χ4v) is 3.74. The molecule has 6 heteroatoms. The van der Waals surface area contributed by atoms with E-state index in [1.807, 2.05) is 30.0 Å². The van der Waals surface area contributed by atoms with E-state index in [9.17, 15) is 9.18 Å². The molecule has 1 N–H and O–H groups in total. The highest BCUT2D eigenvalue weighted by Crippen LogP contribution is 2.20. The first-order valence-corrected chi connectivity index (χ1v) is 10.3. The van der Waals surface area contributed by atoms with E-state index in [4.69, 9.17) is 0 Å². The monoisotopic (exact) mass is 399 g/mol. The van der Waals surface area contributed by atoms with Crippen LogP contribution in [-0.4, -0.2) is 64.2 Å². The molecule has 2 aromatic rings. The second-order valence-corrected chi connectivity index (χ2v) is 7.84. The smallest absolute Gasteiger partial charge is 0.277 e. The van der Waals surface area contributed by atoms with Crippen molar-refractivity contribution >= 4 is 17.3 Å². The fourth-order valence-electron chi connectivity index (χ4n) is 3.74. The molecule has 3 rings (SSSR count). The van der Waals surface area contributed by atoms with Crippen LogP contribution in [-0.2, 0) is 11.3 Å². The van der Waals surface area contributed by atoms with Crippen LogP contribution in [0, 0.1) is 5.82 Å². The van der Waals surface area contributed by atoms with Crippen molar-refractivity contribution in [3.05, 3.63) is 59.9 Å². The van der Waals surface area contributed by atoms with Gasteiger partial charge in [-0.3, -0.25) is 4.79 Å². The van der Waals surface area contributed by atoms with E-state index >= 15 is 0 Å². The molecular weight excluding hydrogens is 367 g/mol. The summed E-state index contributed by atoms with van der Waals surface area (Å²) < 4.78 is 14.0. The molecule has 0 bridgehead atoms. The Labute approximate surface area is 173 Å². The van der Waals surface area contributed by atoms with Gasteiger partial charge in [0.25, 0.3) is 5.91 Å². The molecule has 1 heterocycles. The van der Waals surface area contributed by atoms with Crippen LogP contribution in [0.25, 0.3) is 0 Å². The first-order chi connectivity index (χ1) is 14.0. The molecule has 0 aliphatic carbocycles. The zero-order chi connectivity index (χ0) is 20.8. The summed E-state index contributed by atoms with van der Waals surface area (Å²) in [5, 5.41) is 0. The number of anilines is 2. The lowest BCUT2D eigenvalue weighted by Crippen LogP contribution is -3.11. The number of carbonyl (C=O) groups excluding carboxylic acids is 1. The van der Waals surface area contributed by atoms with Gasteiger partial charge in [-0.2, -0.15) is 0 Å². The SMILES string of the molecule is CC[NH+](CC(=O)N1CCN(c2ccccc2F)CC1)Cc1ccc(N(C)C)cc1. The molecule has 156 valence electrons. The third-order valence-electron chi connectivity index (χ3n) is 5.63. The molecule has 1 saturated heterocycles. The Morgan fingerprint density at radius 3 is 2.28 bits per heavy atom. The number of hydrogen-bond donors (Lipinski definition) is 1. The third kappa shape index (κ3) is 5.48. The van der Waals surface area contributed by atoms with Gasteiger partial charge in [-0.15, -0.1) is 0 Å². The van der Waals surface area contributed by atoms with Crippen LogP contribution < -0.4 is 14.7 Å². The maximum absolute atomic E-state index is 14.0. The van der Waals surface area contributed by atoms with E-state index in [0.29, 0.717) is 38.4 Å². The Hall–Kier alpha value is -2.60. The molecule has 1 amide bonds. The average Bonchev–Trinajstić information content (AvgIpc) is 2.74. The largest absolute Gasteiger partial charge is 0.378 e. The van der Waals surface area contributed by atoms with E-state index in [1.54, 1.807) is 12.1 Å². The van der Waals surface area contributed by atoms with E-state index < -0.39 is 0 Å². The Morgan fingerprint density at radius 2 is 1.69 bits per heavy atom. The Bertz CT molecular complexity index is 801. The minimum Gasteiger partial charge on any atom is -0.378 e. The van der Waals surface area contributed by atoms with Crippen LogP contribution in [0.3, 0.4) is 0 Å². The molecule has 0 saturated carbocycles. The number of para-hydroxylation sites is 1. The van der Waals surface area contributed by atoms with Crippen LogP contribution in [0.1, 0.15) is 12.5 Å². The molecule has 1 aliphatic heterocycles. The van der Waals surface area contributed by atoms with Crippen molar-refractivity contribution in [1.82, 2.24) is 4.90 Å². The van der Waals surface area contributed by atoms with E-state index in [2.05, 4.69) is 36.1 Å². The minimum absolute atomic E-state index is 0.181. The Kier molecular flexibility index (Phi) is 7.09. The van der Waals surface area contributed by atoms with Gasteiger partial charge in [0.15, 0.2) is 6.54 Å². The molecule has 0 spiro atoms. The van der Waals surface area contributed by atoms with E-state index in [-0.39, 0.29) is 11.7 Å². The van der Waals surface area contributed by atoms with Gasteiger partial charge in [0, 0.05) is 51.5 Å². The highest BCUT2D eigenvalue weighted by molar-refractivity contribution is 5.77. The number of carbonyl (C=O) groups is 1. The second-order valence-electron chi connectivity index (χ2n) is 7.84. The number of likely N-dealkylation sites (N-methyl/N-ethyl adjacent to an activating group) is 1. The Morgan fingerprint density at radius 1 is 1.03 bits per heavy atom. The number of nitrogens with one attached hydrogen (secondary N) is 1. The van der Waals surface area contributed by atoms with Gasteiger partial charge in [-0.25, -0.2) is 4.39 Å². The summed E-state index contributed by atoms with van der Waals surface area (Å²) >= 11 is 0. The number of piperazine rings is 1. The Balaban J connectivity index is 1.52. The molecule has 1 atom stereocenters. The number of halogens is 1. The fraction of sp³-hybridized carbons (Fsp3) is 0.435. The van der Waals surface area contributed by atoms with Gasteiger partial charge in [0.05, 0.1) is 12.2 Å². The molecule has 0 radical (unpaired) electrons. The maximum atomic E-state index is 14.0. The number of rotatable bonds is 7. The van der Waals surface area contributed by atoms with Crippen molar-refractivity contribution in [2.24, 2.45) is 0 Å². The minimum atomic E-state index is -0.200. The van der Waals surface area contributed by atoms with Gasteiger partial charge in [0.2, 0.25) is 0 Å². The van der Waals surface area contributed by atoms with Crippen molar-refractivity contribution in [3.8, 4) is 0 Å². The topological polar surface area (TPSA) is 31.2 Å². The second kappa shape index (κ2) is 9.74. The number of quaternary nitrogens is 1. The summed E-state index contributed by atoms with van der Waals surface area (Å²) in [7, 11) is 4.06. The summed E-state index contributed by atoms with van der Waals surface area (Å²) in [4.78, 5) is 20.1. The van der Waals surface area contributed by atoms with Crippen molar-refractivity contribution < 1.29 is 14.1 Å². The van der Waals surface area contributed by atoms with Crippen LogP contribution in [0.4, 0.5) is 15.8 Å². The standard InChI is InChI=1S/C23H31FN4O/c1-4-26(17-19-9-11-20(12-10-19)25(2)3)18-23(29)28-15-13-27(14-16-28)22-8-6-5-7-21(22)24/h5-12H,4,13-18H2,1-3H3/p+1. The predicted octanol–water partition coefficient (Wildman–Crippen LogP) is 1.65. The summed E-state index contributed by atoms with van der Waals surface area (Å²) in [6.45, 7) is 6.96. The molecular formula is C23H32FN4O+. The number of amides is 1. The molecule has 29 heavy (non-hydrogen) atoms. The highest BCUT2D eigenvalue weighted by atomic mass is 19.1. The van der Waals surface area contributed by atoms with Gasteiger partial charge in [-0.1, -0.05) is 24.3 Å². The van der Waals surface area contributed by atoms with Crippen molar-refractivity contribution in [2.75, 3.05) is 63.2 Å². The summed E-state index contributed by atoms with van der Waals surface area (Å²) in [5.41, 5.74) is 3.04.